The lowest BCUT2D eigenvalue weighted by Gasteiger charge is -2.20. The summed E-state index contributed by atoms with van der Waals surface area (Å²) in [6.07, 6.45) is 0.729. The lowest BCUT2D eigenvalue weighted by Crippen LogP contribution is -2.32. The number of fused-ring (bicyclic) bond motifs is 1. The van der Waals surface area contributed by atoms with Crippen molar-refractivity contribution in [3.8, 4) is 5.75 Å². The summed E-state index contributed by atoms with van der Waals surface area (Å²) in [5, 5.41) is 3.05. The molecule has 1 heterocycles. The molecule has 1 aromatic heterocycles. The van der Waals surface area contributed by atoms with E-state index >= 15 is 0 Å². The van der Waals surface area contributed by atoms with E-state index in [9.17, 15) is 9.18 Å². The number of methoxy groups -OCH3 is 1. The van der Waals surface area contributed by atoms with Crippen molar-refractivity contribution in [2.75, 3.05) is 7.11 Å². The molecule has 27 heavy (non-hydrogen) atoms. The van der Waals surface area contributed by atoms with E-state index in [4.69, 9.17) is 4.74 Å². The highest BCUT2D eigenvalue weighted by atomic mass is 19.1. The molecule has 0 spiro atoms. The Labute approximate surface area is 158 Å². The molecule has 142 valence electrons. The Morgan fingerprint density at radius 3 is 2.70 bits per heavy atom. The van der Waals surface area contributed by atoms with E-state index in [0.717, 1.165) is 22.4 Å². The monoisotopic (exact) mass is 369 g/mol. The normalized spacial score (nSPS) is 12.3. The summed E-state index contributed by atoms with van der Waals surface area (Å²) in [7, 11) is 1.43. The van der Waals surface area contributed by atoms with Gasteiger partial charge < -0.3 is 15.0 Å². The second-order valence-corrected chi connectivity index (χ2v) is 6.90. The first-order valence-electron chi connectivity index (χ1n) is 9.04. The summed E-state index contributed by atoms with van der Waals surface area (Å²) >= 11 is 0. The molecule has 0 aliphatic heterocycles. The van der Waals surface area contributed by atoms with Gasteiger partial charge in [-0.05, 0) is 42.2 Å². The number of benzene rings is 2. The van der Waals surface area contributed by atoms with Crippen molar-refractivity contribution in [1.82, 2.24) is 15.3 Å². The molecule has 6 heteroatoms. The number of nitrogens with zero attached hydrogens (tertiary/aromatic N) is 1. The number of amides is 1. The van der Waals surface area contributed by atoms with Crippen LogP contribution in [-0.4, -0.2) is 23.0 Å². The molecule has 2 N–H and O–H groups in total. The van der Waals surface area contributed by atoms with Gasteiger partial charge in [-0.25, -0.2) is 9.37 Å². The van der Waals surface area contributed by atoms with E-state index in [-0.39, 0.29) is 30.0 Å². The fourth-order valence-electron chi connectivity index (χ4n) is 3.04. The number of hydrogen-bond donors (Lipinski definition) is 2. The first kappa shape index (κ1) is 18.9. The SMILES string of the molecule is COc1ccc(CCC(=O)NC(c2nc3ccccc3[nH]2)C(C)C)cc1F. The molecule has 1 atom stereocenters. The van der Waals surface area contributed by atoms with Gasteiger partial charge in [0.25, 0.3) is 0 Å². The molecule has 5 nitrogen and oxygen atoms in total. The average Bonchev–Trinajstić information content (AvgIpc) is 3.08. The summed E-state index contributed by atoms with van der Waals surface area (Å²) < 4.78 is 18.7. The van der Waals surface area contributed by atoms with Crippen molar-refractivity contribution in [1.29, 1.82) is 0 Å². The number of aryl methyl sites for hydroxylation is 1. The van der Waals surface area contributed by atoms with Gasteiger partial charge in [0.05, 0.1) is 24.2 Å². The minimum Gasteiger partial charge on any atom is -0.494 e. The zero-order chi connectivity index (χ0) is 19.4. The molecule has 0 saturated heterocycles. The number of H-pyrrole nitrogens is 1. The van der Waals surface area contributed by atoms with Crippen LogP contribution in [-0.2, 0) is 11.2 Å². The zero-order valence-electron chi connectivity index (χ0n) is 15.8. The maximum atomic E-state index is 13.8. The van der Waals surface area contributed by atoms with Crippen LogP contribution in [0.2, 0.25) is 0 Å². The number of rotatable bonds is 7. The van der Waals surface area contributed by atoms with Gasteiger partial charge in [0, 0.05) is 6.42 Å². The van der Waals surface area contributed by atoms with E-state index in [1.54, 1.807) is 12.1 Å². The van der Waals surface area contributed by atoms with Crippen molar-refractivity contribution in [2.24, 2.45) is 5.92 Å². The van der Waals surface area contributed by atoms with Crippen LogP contribution in [0.15, 0.2) is 42.5 Å². The van der Waals surface area contributed by atoms with Crippen molar-refractivity contribution < 1.29 is 13.9 Å². The fraction of sp³-hybridized carbons (Fsp3) is 0.333. The Morgan fingerprint density at radius 1 is 1.26 bits per heavy atom. The minimum absolute atomic E-state index is 0.0922. The second-order valence-electron chi connectivity index (χ2n) is 6.90. The number of para-hydroxylation sites is 2. The predicted octanol–water partition coefficient (Wildman–Crippen LogP) is 4.16. The van der Waals surface area contributed by atoms with Gasteiger partial charge in [-0.3, -0.25) is 4.79 Å². The number of imidazole rings is 1. The number of nitrogens with one attached hydrogen (secondary N) is 2. The molecule has 0 radical (unpaired) electrons. The number of ether oxygens (including phenoxy) is 1. The molecular weight excluding hydrogens is 345 g/mol. The molecule has 1 amide bonds. The van der Waals surface area contributed by atoms with Gasteiger partial charge in [0.1, 0.15) is 5.82 Å². The number of aromatic amines is 1. The zero-order valence-corrected chi connectivity index (χ0v) is 15.8. The van der Waals surface area contributed by atoms with Crippen LogP contribution in [0, 0.1) is 11.7 Å². The minimum atomic E-state index is -0.419. The Bertz CT molecular complexity index is 903. The Hall–Kier alpha value is -2.89. The molecule has 1 unspecified atom stereocenters. The highest BCUT2D eigenvalue weighted by Gasteiger charge is 2.21. The van der Waals surface area contributed by atoms with E-state index in [2.05, 4.69) is 15.3 Å². The van der Waals surface area contributed by atoms with Crippen LogP contribution in [0.5, 0.6) is 5.75 Å². The Kier molecular flexibility index (Phi) is 5.74. The maximum absolute atomic E-state index is 13.8. The molecule has 3 rings (SSSR count). The molecule has 0 fully saturated rings. The smallest absolute Gasteiger partial charge is 0.220 e. The first-order valence-corrected chi connectivity index (χ1v) is 9.04. The number of hydrogen-bond acceptors (Lipinski definition) is 3. The third kappa shape index (κ3) is 4.45. The highest BCUT2D eigenvalue weighted by Crippen LogP contribution is 2.23. The lowest BCUT2D eigenvalue weighted by molar-refractivity contribution is -0.122. The topological polar surface area (TPSA) is 67.0 Å². The quantitative estimate of drug-likeness (QED) is 0.657. The number of aromatic nitrogens is 2. The highest BCUT2D eigenvalue weighted by molar-refractivity contribution is 5.77. The van der Waals surface area contributed by atoms with Crippen LogP contribution < -0.4 is 10.1 Å². The summed E-state index contributed by atoms with van der Waals surface area (Å²) in [6.45, 7) is 4.08. The molecule has 3 aromatic rings. The standard InChI is InChI=1S/C21H24FN3O2/c1-13(2)20(21-23-16-6-4-5-7-17(16)24-21)25-19(26)11-9-14-8-10-18(27-3)15(22)12-14/h4-8,10,12-13,20H,9,11H2,1-3H3,(H,23,24)(H,25,26). The van der Waals surface area contributed by atoms with Crippen LogP contribution in [0.25, 0.3) is 11.0 Å². The summed E-state index contributed by atoms with van der Waals surface area (Å²) in [5.74, 6) is 0.610. The average molecular weight is 369 g/mol. The largest absolute Gasteiger partial charge is 0.494 e. The molecule has 0 aliphatic carbocycles. The van der Waals surface area contributed by atoms with Crippen molar-refractivity contribution in [3.05, 3.63) is 59.7 Å². The van der Waals surface area contributed by atoms with E-state index in [0.29, 0.717) is 6.42 Å². The van der Waals surface area contributed by atoms with E-state index in [1.807, 2.05) is 38.1 Å². The predicted molar refractivity (Wildman–Crippen MR) is 103 cm³/mol. The number of carbonyl (C=O) groups is 1. The van der Waals surface area contributed by atoms with Crippen LogP contribution >= 0.6 is 0 Å². The van der Waals surface area contributed by atoms with Gasteiger partial charge in [-0.2, -0.15) is 0 Å². The fourth-order valence-corrected chi connectivity index (χ4v) is 3.04. The van der Waals surface area contributed by atoms with Crippen molar-refractivity contribution in [2.45, 2.75) is 32.7 Å². The molecule has 0 aliphatic rings. The second kappa shape index (κ2) is 8.20. The van der Waals surface area contributed by atoms with Crippen molar-refractivity contribution >= 4 is 16.9 Å². The van der Waals surface area contributed by atoms with Crippen LogP contribution in [0.1, 0.15) is 37.7 Å². The van der Waals surface area contributed by atoms with Gasteiger partial charge >= 0.3 is 0 Å². The van der Waals surface area contributed by atoms with Gasteiger partial charge in [0.15, 0.2) is 11.6 Å². The van der Waals surface area contributed by atoms with Gasteiger partial charge in [-0.15, -0.1) is 0 Å². The Morgan fingerprint density at radius 2 is 2.04 bits per heavy atom. The van der Waals surface area contributed by atoms with Crippen molar-refractivity contribution in [3.63, 3.8) is 0 Å². The third-order valence-electron chi connectivity index (χ3n) is 4.54. The molecule has 0 saturated carbocycles. The Balaban J connectivity index is 1.66. The van der Waals surface area contributed by atoms with Gasteiger partial charge in [-0.1, -0.05) is 32.0 Å². The third-order valence-corrected chi connectivity index (χ3v) is 4.54. The number of carbonyl (C=O) groups excluding carboxylic acids is 1. The summed E-state index contributed by atoms with van der Waals surface area (Å²) in [5.41, 5.74) is 2.58. The summed E-state index contributed by atoms with van der Waals surface area (Å²) in [4.78, 5) is 20.3. The van der Waals surface area contributed by atoms with E-state index in [1.165, 1.54) is 13.2 Å². The molecular formula is C21H24FN3O2. The molecule has 2 aromatic carbocycles. The van der Waals surface area contributed by atoms with Crippen LogP contribution in [0.3, 0.4) is 0 Å². The summed E-state index contributed by atoms with van der Waals surface area (Å²) in [6, 6.07) is 12.3. The molecule has 0 bridgehead atoms. The first-order chi connectivity index (χ1) is 13.0. The van der Waals surface area contributed by atoms with E-state index < -0.39 is 5.82 Å². The van der Waals surface area contributed by atoms with Gasteiger partial charge in [0.2, 0.25) is 5.91 Å². The maximum Gasteiger partial charge on any atom is 0.220 e. The lowest BCUT2D eigenvalue weighted by atomic mass is 10.0. The number of halogens is 1. The van der Waals surface area contributed by atoms with Crippen LogP contribution in [0.4, 0.5) is 4.39 Å².